The number of primary amides is 1. The van der Waals surface area contributed by atoms with Crippen molar-refractivity contribution >= 4 is 17.4 Å². The fraction of sp³-hybridized carbons (Fsp3) is 0.278. The summed E-state index contributed by atoms with van der Waals surface area (Å²) in [6, 6.07) is 10.4. The van der Waals surface area contributed by atoms with Crippen molar-refractivity contribution in [3.05, 3.63) is 58.9 Å². The number of nitrogens with two attached hydrogens (primary N) is 1. The van der Waals surface area contributed by atoms with Gasteiger partial charge < -0.3 is 16.4 Å². The second-order valence-corrected chi connectivity index (χ2v) is 5.93. The van der Waals surface area contributed by atoms with Gasteiger partial charge in [-0.05, 0) is 61.1 Å². The van der Waals surface area contributed by atoms with Crippen molar-refractivity contribution in [1.82, 2.24) is 0 Å². The minimum atomic E-state index is -0.785. The van der Waals surface area contributed by atoms with Gasteiger partial charge in [-0.3, -0.25) is 0 Å². The van der Waals surface area contributed by atoms with E-state index < -0.39 is 11.8 Å². The van der Waals surface area contributed by atoms with Crippen LogP contribution in [0.5, 0.6) is 0 Å². The number of rotatable bonds is 4. The minimum absolute atomic E-state index is 0.0728. The molecule has 2 amide bonds. The second-order valence-electron chi connectivity index (χ2n) is 5.93. The zero-order valence-corrected chi connectivity index (χ0v) is 13.0. The normalized spacial score (nSPS) is 14.2. The number of carbonyl (C=O) groups is 1. The Labute approximate surface area is 134 Å². The van der Waals surface area contributed by atoms with E-state index in [1.54, 1.807) is 12.1 Å². The summed E-state index contributed by atoms with van der Waals surface area (Å²) >= 11 is 0. The summed E-state index contributed by atoms with van der Waals surface area (Å²) in [6.07, 6.45) is 3.53. The average molecular weight is 313 g/mol. The molecular formula is C18H20FN3O. The van der Waals surface area contributed by atoms with Crippen LogP contribution in [0.3, 0.4) is 0 Å². The van der Waals surface area contributed by atoms with Crippen LogP contribution in [0.25, 0.3) is 0 Å². The molecule has 0 fully saturated rings. The highest BCUT2D eigenvalue weighted by molar-refractivity contribution is 5.88. The molecule has 0 bridgehead atoms. The van der Waals surface area contributed by atoms with E-state index in [2.05, 4.69) is 35.8 Å². The lowest BCUT2D eigenvalue weighted by atomic mass is 10.0. The maximum absolute atomic E-state index is 13.6. The third-order valence-electron chi connectivity index (χ3n) is 4.23. The number of aryl methyl sites for hydroxylation is 2. The summed E-state index contributed by atoms with van der Waals surface area (Å²) in [5.41, 5.74) is 9.91. The molecule has 1 aliphatic rings. The van der Waals surface area contributed by atoms with Gasteiger partial charge in [0.15, 0.2) is 0 Å². The highest BCUT2D eigenvalue weighted by atomic mass is 19.1. The van der Waals surface area contributed by atoms with Gasteiger partial charge in [0.25, 0.3) is 0 Å². The summed E-state index contributed by atoms with van der Waals surface area (Å²) in [5, 5.41) is 5.62. The maximum atomic E-state index is 13.6. The van der Waals surface area contributed by atoms with Gasteiger partial charge in [0.2, 0.25) is 0 Å². The van der Waals surface area contributed by atoms with E-state index in [1.165, 1.54) is 29.2 Å². The number of fused-ring (bicyclic) bond motifs is 1. The standard InChI is InChI=1S/C18H20FN3O/c1-11(13-6-5-12-3-2-4-14(12)9-13)21-15-7-8-16(19)17(10-15)22-18(20)23/h5-11,21H,2-4H2,1H3,(H3,20,22,23). The maximum Gasteiger partial charge on any atom is 0.316 e. The Balaban J connectivity index is 1.77. The molecule has 120 valence electrons. The van der Waals surface area contributed by atoms with E-state index in [4.69, 9.17) is 5.73 Å². The van der Waals surface area contributed by atoms with Gasteiger partial charge in [0.1, 0.15) is 5.82 Å². The molecule has 0 saturated heterocycles. The molecule has 0 heterocycles. The van der Waals surface area contributed by atoms with Crippen molar-refractivity contribution in [1.29, 1.82) is 0 Å². The number of amides is 2. The van der Waals surface area contributed by atoms with E-state index in [0.717, 1.165) is 18.5 Å². The first-order valence-electron chi connectivity index (χ1n) is 7.77. The topological polar surface area (TPSA) is 67.2 Å². The van der Waals surface area contributed by atoms with Crippen LogP contribution in [0.15, 0.2) is 36.4 Å². The number of hydrogen-bond donors (Lipinski definition) is 3. The molecule has 0 aromatic heterocycles. The van der Waals surface area contributed by atoms with Gasteiger partial charge in [0.05, 0.1) is 5.69 Å². The van der Waals surface area contributed by atoms with Crippen molar-refractivity contribution in [2.24, 2.45) is 5.73 Å². The van der Waals surface area contributed by atoms with Crippen LogP contribution < -0.4 is 16.4 Å². The third kappa shape index (κ3) is 3.44. The van der Waals surface area contributed by atoms with Crippen LogP contribution in [0.2, 0.25) is 0 Å². The molecule has 1 aliphatic carbocycles. The minimum Gasteiger partial charge on any atom is -0.378 e. The molecule has 2 aromatic rings. The molecule has 4 N–H and O–H groups in total. The van der Waals surface area contributed by atoms with E-state index in [0.29, 0.717) is 0 Å². The van der Waals surface area contributed by atoms with Crippen LogP contribution in [0.4, 0.5) is 20.6 Å². The lowest BCUT2D eigenvalue weighted by Gasteiger charge is -2.18. The predicted octanol–water partition coefficient (Wildman–Crippen LogP) is 3.98. The lowest BCUT2D eigenvalue weighted by molar-refractivity contribution is 0.259. The SMILES string of the molecule is CC(Nc1ccc(F)c(NC(N)=O)c1)c1ccc2c(c1)CCC2. The molecule has 5 heteroatoms. The number of nitrogens with one attached hydrogen (secondary N) is 2. The third-order valence-corrected chi connectivity index (χ3v) is 4.23. The molecule has 1 atom stereocenters. The number of halogens is 1. The van der Waals surface area contributed by atoms with Crippen LogP contribution in [0.1, 0.15) is 36.1 Å². The molecule has 4 nitrogen and oxygen atoms in total. The van der Waals surface area contributed by atoms with Crippen LogP contribution in [0, 0.1) is 5.82 Å². The van der Waals surface area contributed by atoms with E-state index in [-0.39, 0.29) is 11.7 Å². The van der Waals surface area contributed by atoms with E-state index >= 15 is 0 Å². The molecule has 0 saturated carbocycles. The predicted molar refractivity (Wildman–Crippen MR) is 90.1 cm³/mol. The number of benzene rings is 2. The fourth-order valence-corrected chi connectivity index (χ4v) is 3.04. The number of anilines is 2. The Bertz CT molecular complexity index is 745. The van der Waals surface area contributed by atoms with Crippen molar-refractivity contribution < 1.29 is 9.18 Å². The highest BCUT2D eigenvalue weighted by Crippen LogP contribution is 2.28. The van der Waals surface area contributed by atoms with Gasteiger partial charge in [-0.25, -0.2) is 9.18 Å². The second kappa shape index (κ2) is 6.28. The van der Waals surface area contributed by atoms with Crippen molar-refractivity contribution in [3.8, 4) is 0 Å². The Kier molecular flexibility index (Phi) is 4.19. The lowest BCUT2D eigenvalue weighted by Crippen LogP contribution is -2.20. The van der Waals surface area contributed by atoms with Crippen molar-refractivity contribution in [3.63, 3.8) is 0 Å². The number of hydrogen-bond acceptors (Lipinski definition) is 2. The Morgan fingerprint density at radius 1 is 1.17 bits per heavy atom. The van der Waals surface area contributed by atoms with Gasteiger partial charge in [-0.15, -0.1) is 0 Å². The van der Waals surface area contributed by atoms with Crippen molar-refractivity contribution in [2.45, 2.75) is 32.2 Å². The Morgan fingerprint density at radius 3 is 2.74 bits per heavy atom. The molecule has 23 heavy (non-hydrogen) atoms. The Hall–Kier alpha value is -2.56. The molecule has 0 spiro atoms. The first-order chi connectivity index (χ1) is 11.0. The average Bonchev–Trinajstić information content (AvgIpc) is 2.97. The molecule has 2 aromatic carbocycles. The first kappa shape index (κ1) is 15.3. The van der Waals surface area contributed by atoms with E-state index in [9.17, 15) is 9.18 Å². The summed E-state index contributed by atoms with van der Waals surface area (Å²) in [5.74, 6) is -0.514. The Morgan fingerprint density at radius 2 is 1.96 bits per heavy atom. The number of carbonyl (C=O) groups excluding carboxylic acids is 1. The van der Waals surface area contributed by atoms with Gasteiger partial charge in [0, 0.05) is 11.7 Å². The van der Waals surface area contributed by atoms with Gasteiger partial charge in [-0.1, -0.05) is 18.2 Å². The smallest absolute Gasteiger partial charge is 0.316 e. The molecule has 3 rings (SSSR count). The fourth-order valence-electron chi connectivity index (χ4n) is 3.04. The molecular weight excluding hydrogens is 293 g/mol. The summed E-state index contributed by atoms with van der Waals surface area (Å²) < 4.78 is 13.6. The molecule has 1 unspecified atom stereocenters. The zero-order valence-electron chi connectivity index (χ0n) is 13.0. The molecule has 0 aliphatic heterocycles. The van der Waals surface area contributed by atoms with Crippen LogP contribution in [-0.4, -0.2) is 6.03 Å². The van der Waals surface area contributed by atoms with Crippen LogP contribution >= 0.6 is 0 Å². The highest BCUT2D eigenvalue weighted by Gasteiger charge is 2.14. The van der Waals surface area contributed by atoms with Gasteiger partial charge in [-0.2, -0.15) is 0 Å². The van der Waals surface area contributed by atoms with Crippen molar-refractivity contribution in [2.75, 3.05) is 10.6 Å². The monoisotopic (exact) mass is 313 g/mol. The van der Waals surface area contributed by atoms with E-state index in [1.807, 2.05) is 0 Å². The summed E-state index contributed by atoms with van der Waals surface area (Å²) in [6.45, 7) is 2.06. The van der Waals surface area contributed by atoms with Crippen LogP contribution in [-0.2, 0) is 12.8 Å². The quantitative estimate of drug-likeness (QED) is 0.799. The largest absolute Gasteiger partial charge is 0.378 e. The van der Waals surface area contributed by atoms with Gasteiger partial charge >= 0.3 is 6.03 Å². The summed E-state index contributed by atoms with van der Waals surface area (Å²) in [4.78, 5) is 10.9. The summed E-state index contributed by atoms with van der Waals surface area (Å²) in [7, 11) is 0. The molecule has 0 radical (unpaired) electrons. The number of urea groups is 1. The zero-order chi connectivity index (χ0) is 16.4. The first-order valence-corrected chi connectivity index (χ1v) is 7.77.